The molecular formula is C13H27N5. The average molecular weight is 253 g/mol. The monoisotopic (exact) mass is 253 g/mol. The van der Waals surface area contributed by atoms with E-state index in [-0.39, 0.29) is 0 Å². The number of piperazine rings is 1. The lowest BCUT2D eigenvalue weighted by Crippen LogP contribution is -2.55. The molecule has 5 nitrogen and oxygen atoms in total. The molecule has 1 aliphatic carbocycles. The van der Waals surface area contributed by atoms with Crippen molar-refractivity contribution in [3.8, 4) is 0 Å². The SMILES string of the molecule is CN=C(NCC1CN(C)CCN1C)NC1CC1C. The van der Waals surface area contributed by atoms with E-state index in [4.69, 9.17) is 0 Å². The van der Waals surface area contributed by atoms with Crippen LogP contribution >= 0.6 is 0 Å². The number of rotatable bonds is 3. The van der Waals surface area contributed by atoms with Gasteiger partial charge in [0.25, 0.3) is 0 Å². The predicted octanol–water partition coefficient (Wildman–Crippen LogP) is -0.194. The Labute approximate surface area is 111 Å². The van der Waals surface area contributed by atoms with Crippen molar-refractivity contribution in [3.63, 3.8) is 0 Å². The minimum Gasteiger partial charge on any atom is -0.355 e. The molecule has 0 bridgehead atoms. The van der Waals surface area contributed by atoms with Gasteiger partial charge in [-0.2, -0.15) is 0 Å². The first-order chi connectivity index (χ1) is 8.60. The molecule has 0 radical (unpaired) electrons. The summed E-state index contributed by atoms with van der Waals surface area (Å²) in [6.45, 7) is 6.67. The third kappa shape index (κ3) is 3.59. The third-order valence-electron chi connectivity index (χ3n) is 4.14. The molecular weight excluding hydrogens is 226 g/mol. The number of nitrogens with one attached hydrogen (secondary N) is 2. The van der Waals surface area contributed by atoms with E-state index in [1.807, 2.05) is 7.05 Å². The molecule has 1 saturated heterocycles. The lowest BCUT2D eigenvalue weighted by molar-refractivity contribution is 0.116. The highest BCUT2D eigenvalue weighted by Crippen LogP contribution is 2.28. The zero-order valence-electron chi connectivity index (χ0n) is 12.1. The Hall–Kier alpha value is -0.810. The summed E-state index contributed by atoms with van der Waals surface area (Å²) in [5.74, 6) is 1.75. The highest BCUT2D eigenvalue weighted by Gasteiger charge is 2.33. The first-order valence-corrected chi connectivity index (χ1v) is 6.96. The van der Waals surface area contributed by atoms with Crippen molar-refractivity contribution >= 4 is 5.96 Å². The molecule has 1 heterocycles. The second-order valence-electron chi connectivity index (χ2n) is 5.81. The minimum absolute atomic E-state index is 0.568. The summed E-state index contributed by atoms with van der Waals surface area (Å²) in [6.07, 6.45) is 1.27. The molecule has 0 aromatic carbocycles. The minimum atomic E-state index is 0.568. The zero-order valence-corrected chi connectivity index (χ0v) is 12.1. The molecule has 18 heavy (non-hydrogen) atoms. The van der Waals surface area contributed by atoms with Gasteiger partial charge in [-0.25, -0.2) is 0 Å². The highest BCUT2D eigenvalue weighted by molar-refractivity contribution is 5.80. The van der Waals surface area contributed by atoms with Crippen molar-refractivity contribution in [1.29, 1.82) is 0 Å². The van der Waals surface area contributed by atoms with Crippen LogP contribution in [0.25, 0.3) is 0 Å². The van der Waals surface area contributed by atoms with E-state index in [1.54, 1.807) is 0 Å². The van der Waals surface area contributed by atoms with Gasteiger partial charge in [-0.15, -0.1) is 0 Å². The lowest BCUT2D eigenvalue weighted by atomic mass is 10.2. The van der Waals surface area contributed by atoms with Crippen LogP contribution in [0.15, 0.2) is 4.99 Å². The lowest BCUT2D eigenvalue weighted by Gasteiger charge is -2.37. The molecule has 1 saturated carbocycles. The summed E-state index contributed by atoms with van der Waals surface area (Å²) in [7, 11) is 6.25. The Bertz CT molecular complexity index is 304. The summed E-state index contributed by atoms with van der Waals surface area (Å²) in [5, 5.41) is 6.92. The van der Waals surface area contributed by atoms with E-state index in [2.05, 4.69) is 46.4 Å². The second-order valence-corrected chi connectivity index (χ2v) is 5.81. The van der Waals surface area contributed by atoms with Gasteiger partial charge in [0, 0.05) is 45.3 Å². The summed E-state index contributed by atoms with van der Waals surface area (Å²) in [4.78, 5) is 9.12. The Kier molecular flexibility index (Phi) is 4.45. The van der Waals surface area contributed by atoms with Gasteiger partial charge in [0.1, 0.15) is 0 Å². The largest absolute Gasteiger partial charge is 0.355 e. The Balaban J connectivity index is 1.74. The first kappa shape index (κ1) is 13.6. The van der Waals surface area contributed by atoms with Gasteiger partial charge >= 0.3 is 0 Å². The predicted molar refractivity (Wildman–Crippen MR) is 76.0 cm³/mol. The van der Waals surface area contributed by atoms with Gasteiger partial charge in [-0.1, -0.05) is 6.92 Å². The molecule has 2 rings (SSSR count). The number of guanidine groups is 1. The summed E-state index contributed by atoms with van der Waals surface area (Å²) in [5.41, 5.74) is 0. The van der Waals surface area contributed by atoms with Crippen LogP contribution in [0.1, 0.15) is 13.3 Å². The van der Waals surface area contributed by atoms with Crippen LogP contribution in [0.3, 0.4) is 0 Å². The number of aliphatic imine (C=N–C) groups is 1. The van der Waals surface area contributed by atoms with Crippen molar-refractivity contribution < 1.29 is 0 Å². The zero-order chi connectivity index (χ0) is 13.1. The maximum atomic E-state index is 4.29. The first-order valence-electron chi connectivity index (χ1n) is 6.96. The van der Waals surface area contributed by atoms with E-state index in [9.17, 15) is 0 Å². The normalized spacial score (nSPS) is 34.4. The van der Waals surface area contributed by atoms with E-state index in [0.717, 1.165) is 31.5 Å². The van der Waals surface area contributed by atoms with Gasteiger partial charge in [-0.3, -0.25) is 9.89 Å². The average Bonchev–Trinajstić information content (AvgIpc) is 3.04. The van der Waals surface area contributed by atoms with Crippen LogP contribution in [0.5, 0.6) is 0 Å². The van der Waals surface area contributed by atoms with Crippen LogP contribution in [-0.2, 0) is 0 Å². The Morgan fingerprint density at radius 3 is 2.67 bits per heavy atom. The van der Waals surface area contributed by atoms with Crippen LogP contribution in [-0.4, -0.2) is 75.2 Å². The number of hydrogen-bond acceptors (Lipinski definition) is 3. The van der Waals surface area contributed by atoms with E-state index >= 15 is 0 Å². The Morgan fingerprint density at radius 1 is 1.33 bits per heavy atom. The topological polar surface area (TPSA) is 42.9 Å². The van der Waals surface area contributed by atoms with Crippen LogP contribution in [0.4, 0.5) is 0 Å². The molecule has 2 N–H and O–H groups in total. The summed E-state index contributed by atoms with van der Waals surface area (Å²) >= 11 is 0. The van der Waals surface area contributed by atoms with Crippen LogP contribution in [0, 0.1) is 5.92 Å². The van der Waals surface area contributed by atoms with E-state index in [1.165, 1.54) is 13.0 Å². The molecule has 104 valence electrons. The number of likely N-dealkylation sites (N-methyl/N-ethyl adjacent to an activating group) is 2. The molecule has 1 aliphatic heterocycles. The van der Waals surface area contributed by atoms with Crippen molar-refractivity contribution in [3.05, 3.63) is 0 Å². The standard InChI is InChI=1S/C13H27N5/c1-10-7-12(10)16-13(14-2)15-8-11-9-17(3)5-6-18(11)4/h10-12H,5-9H2,1-4H3,(H2,14,15,16). The molecule has 5 heteroatoms. The maximum Gasteiger partial charge on any atom is 0.191 e. The highest BCUT2D eigenvalue weighted by atomic mass is 15.3. The molecule has 0 amide bonds. The van der Waals surface area contributed by atoms with Gasteiger partial charge < -0.3 is 15.5 Å². The fraction of sp³-hybridized carbons (Fsp3) is 0.923. The smallest absolute Gasteiger partial charge is 0.191 e. The van der Waals surface area contributed by atoms with Crippen LogP contribution < -0.4 is 10.6 Å². The third-order valence-corrected chi connectivity index (χ3v) is 4.14. The Morgan fingerprint density at radius 2 is 2.06 bits per heavy atom. The van der Waals surface area contributed by atoms with E-state index in [0.29, 0.717) is 12.1 Å². The van der Waals surface area contributed by atoms with Crippen molar-refractivity contribution in [2.24, 2.45) is 10.9 Å². The molecule has 0 aromatic rings. The molecule has 2 aliphatic rings. The van der Waals surface area contributed by atoms with Crippen LogP contribution in [0.2, 0.25) is 0 Å². The summed E-state index contributed by atoms with van der Waals surface area (Å²) < 4.78 is 0. The number of nitrogens with zero attached hydrogens (tertiary/aromatic N) is 3. The fourth-order valence-electron chi connectivity index (χ4n) is 2.43. The molecule has 0 spiro atoms. The van der Waals surface area contributed by atoms with Gasteiger partial charge in [-0.05, 0) is 26.4 Å². The molecule has 3 unspecified atom stereocenters. The quantitative estimate of drug-likeness (QED) is 0.540. The molecule has 0 aromatic heterocycles. The fourth-order valence-corrected chi connectivity index (χ4v) is 2.43. The van der Waals surface area contributed by atoms with Gasteiger partial charge in [0.15, 0.2) is 5.96 Å². The van der Waals surface area contributed by atoms with E-state index < -0.39 is 0 Å². The van der Waals surface area contributed by atoms with Gasteiger partial charge in [0.2, 0.25) is 0 Å². The number of hydrogen-bond donors (Lipinski definition) is 2. The summed E-state index contributed by atoms with van der Waals surface area (Å²) in [6, 6.07) is 1.20. The van der Waals surface area contributed by atoms with Crippen molar-refractivity contribution in [2.75, 3.05) is 47.3 Å². The van der Waals surface area contributed by atoms with Gasteiger partial charge in [0.05, 0.1) is 0 Å². The molecule has 3 atom stereocenters. The maximum absolute atomic E-state index is 4.29. The van der Waals surface area contributed by atoms with Crippen molar-refractivity contribution in [2.45, 2.75) is 25.4 Å². The molecule has 2 fully saturated rings. The second kappa shape index (κ2) is 5.89. The van der Waals surface area contributed by atoms with Crippen molar-refractivity contribution in [1.82, 2.24) is 20.4 Å².